The van der Waals surface area contributed by atoms with Crippen LogP contribution in [0.2, 0.25) is 5.02 Å². The maximum Gasteiger partial charge on any atom is 0.239 e. The Morgan fingerprint density at radius 3 is 2.53 bits per heavy atom. The fraction of sp³-hybridized carbons (Fsp3) is 0.259. The Bertz CT molecular complexity index is 1340. The fourth-order valence-corrected chi connectivity index (χ4v) is 4.99. The van der Waals surface area contributed by atoms with Gasteiger partial charge in [-0.25, -0.2) is 0 Å². The van der Waals surface area contributed by atoms with E-state index < -0.39 is 11.5 Å². The summed E-state index contributed by atoms with van der Waals surface area (Å²) in [7, 11) is 1.62. The van der Waals surface area contributed by atoms with Gasteiger partial charge in [-0.15, -0.1) is 0 Å². The van der Waals surface area contributed by atoms with Crippen LogP contribution in [-0.4, -0.2) is 28.8 Å². The summed E-state index contributed by atoms with van der Waals surface area (Å²) in [6.07, 6.45) is 4.12. The molecule has 2 N–H and O–H groups in total. The van der Waals surface area contributed by atoms with Crippen molar-refractivity contribution in [3.8, 4) is 17.3 Å². The molecule has 2 heterocycles. The Kier molecular flexibility index (Phi) is 5.38. The van der Waals surface area contributed by atoms with Crippen LogP contribution < -0.4 is 5.32 Å². The molecule has 2 atom stereocenters. The SMILES string of the molecule is CN1C(=N)N[C@](C)(c2ccnc(-c3cc(Cl)cc(C#N)c3)c2)[C@@H](c2ccc(C3CC3)cc2)C1=O. The van der Waals surface area contributed by atoms with E-state index in [4.69, 9.17) is 17.0 Å². The van der Waals surface area contributed by atoms with Gasteiger partial charge in [0.2, 0.25) is 5.91 Å². The highest BCUT2D eigenvalue weighted by Crippen LogP contribution is 2.44. The fourth-order valence-electron chi connectivity index (χ4n) is 4.76. The molecule has 3 aromatic rings. The maximum absolute atomic E-state index is 13.5. The average molecular weight is 470 g/mol. The van der Waals surface area contributed by atoms with Crippen LogP contribution in [0.1, 0.15) is 53.9 Å². The van der Waals surface area contributed by atoms with Crippen LogP contribution in [0.15, 0.2) is 60.8 Å². The number of carbonyl (C=O) groups is 1. The molecule has 2 aliphatic rings. The van der Waals surface area contributed by atoms with E-state index in [0.717, 1.165) is 11.1 Å². The first-order valence-corrected chi connectivity index (χ1v) is 11.6. The Morgan fingerprint density at radius 1 is 1.15 bits per heavy atom. The van der Waals surface area contributed by atoms with Crippen LogP contribution in [0.5, 0.6) is 0 Å². The standard InChI is InChI=1S/C27H24ClN5O/c1-27(21-9-10-31-23(14-21)20-11-16(15-29)12-22(28)13-20)24(25(34)33(2)26(30)32-27)19-7-5-18(6-8-19)17-3-4-17/h5-14,17,24H,3-4H2,1-2H3,(H2,30,32)/t24-,27+/m0/s1. The van der Waals surface area contributed by atoms with Crippen LogP contribution in [0.25, 0.3) is 11.3 Å². The molecule has 1 aliphatic carbocycles. The third kappa shape index (κ3) is 3.82. The number of hydrogen-bond acceptors (Lipinski definition) is 4. The third-order valence-electron chi connectivity index (χ3n) is 6.87. The van der Waals surface area contributed by atoms with E-state index in [-0.39, 0.29) is 11.9 Å². The summed E-state index contributed by atoms with van der Waals surface area (Å²) in [4.78, 5) is 19.4. The van der Waals surface area contributed by atoms with Crippen molar-refractivity contribution in [1.82, 2.24) is 15.2 Å². The number of aromatic nitrogens is 1. The first-order valence-electron chi connectivity index (χ1n) is 11.2. The Morgan fingerprint density at radius 2 is 1.85 bits per heavy atom. The van der Waals surface area contributed by atoms with E-state index >= 15 is 0 Å². The molecule has 1 saturated heterocycles. The molecular formula is C27H24ClN5O. The molecule has 2 aromatic carbocycles. The Hall–Kier alpha value is -3.69. The number of nitrogens with zero attached hydrogens (tertiary/aromatic N) is 3. The minimum atomic E-state index is -0.879. The highest BCUT2D eigenvalue weighted by atomic mass is 35.5. The predicted octanol–water partition coefficient (Wildman–Crippen LogP) is 5.15. The zero-order valence-electron chi connectivity index (χ0n) is 19.0. The summed E-state index contributed by atoms with van der Waals surface area (Å²) in [5.41, 5.74) is 3.95. The summed E-state index contributed by atoms with van der Waals surface area (Å²) < 4.78 is 0. The molecule has 6 nitrogen and oxygen atoms in total. The number of carbonyl (C=O) groups excluding carboxylic acids is 1. The molecule has 0 bridgehead atoms. The number of hydrogen-bond donors (Lipinski definition) is 2. The van der Waals surface area contributed by atoms with Gasteiger partial charge in [0.1, 0.15) is 0 Å². The van der Waals surface area contributed by atoms with E-state index in [2.05, 4.69) is 28.5 Å². The Balaban J connectivity index is 1.60. The summed E-state index contributed by atoms with van der Waals surface area (Å²) >= 11 is 6.22. The minimum Gasteiger partial charge on any atom is -0.346 e. The monoisotopic (exact) mass is 469 g/mol. The highest BCUT2D eigenvalue weighted by Gasteiger charge is 2.48. The molecule has 0 unspecified atom stereocenters. The van der Waals surface area contributed by atoms with Crippen molar-refractivity contribution in [3.05, 3.63) is 88.1 Å². The third-order valence-corrected chi connectivity index (χ3v) is 7.09. The van der Waals surface area contributed by atoms with Crippen LogP contribution in [0, 0.1) is 16.7 Å². The molecule has 5 rings (SSSR count). The molecule has 7 heteroatoms. The number of nitriles is 1. The van der Waals surface area contributed by atoms with Crippen molar-refractivity contribution in [2.75, 3.05) is 7.05 Å². The number of benzene rings is 2. The van der Waals surface area contributed by atoms with Crippen molar-refractivity contribution in [3.63, 3.8) is 0 Å². The van der Waals surface area contributed by atoms with E-state index in [1.54, 1.807) is 31.4 Å². The van der Waals surface area contributed by atoms with Gasteiger partial charge in [0.25, 0.3) is 0 Å². The molecule has 1 saturated carbocycles. The number of amides is 1. The lowest BCUT2D eigenvalue weighted by molar-refractivity contribution is -0.131. The smallest absolute Gasteiger partial charge is 0.239 e. The molecule has 0 spiro atoms. The van der Waals surface area contributed by atoms with Crippen LogP contribution in [0.3, 0.4) is 0 Å². The van der Waals surface area contributed by atoms with Crippen molar-refractivity contribution in [2.24, 2.45) is 0 Å². The lowest BCUT2D eigenvalue weighted by atomic mass is 9.73. The second kappa shape index (κ2) is 8.27. The van der Waals surface area contributed by atoms with Gasteiger partial charge in [0.15, 0.2) is 5.96 Å². The lowest BCUT2D eigenvalue weighted by Crippen LogP contribution is -2.62. The summed E-state index contributed by atoms with van der Waals surface area (Å²) in [5.74, 6) is 0.00361. The molecule has 1 amide bonds. The molecule has 34 heavy (non-hydrogen) atoms. The highest BCUT2D eigenvalue weighted by molar-refractivity contribution is 6.31. The van der Waals surface area contributed by atoms with Crippen LogP contribution in [0.4, 0.5) is 0 Å². The molecule has 170 valence electrons. The van der Waals surface area contributed by atoms with E-state index in [0.29, 0.717) is 27.8 Å². The van der Waals surface area contributed by atoms with Crippen molar-refractivity contribution < 1.29 is 4.79 Å². The van der Waals surface area contributed by atoms with Gasteiger partial charge in [-0.2, -0.15) is 5.26 Å². The number of nitrogens with one attached hydrogen (secondary N) is 2. The Labute approximate surface area is 203 Å². The van der Waals surface area contributed by atoms with Gasteiger partial charge in [-0.3, -0.25) is 20.1 Å². The zero-order valence-corrected chi connectivity index (χ0v) is 19.7. The van der Waals surface area contributed by atoms with Gasteiger partial charge in [-0.1, -0.05) is 35.9 Å². The summed E-state index contributed by atoms with van der Waals surface area (Å²) in [6, 6.07) is 19.3. The average Bonchev–Trinajstić information content (AvgIpc) is 3.68. The number of pyridine rings is 1. The van der Waals surface area contributed by atoms with Gasteiger partial charge < -0.3 is 5.32 Å². The van der Waals surface area contributed by atoms with Crippen molar-refractivity contribution >= 4 is 23.5 Å². The number of halogens is 1. The second-order valence-corrected chi connectivity index (χ2v) is 9.65. The maximum atomic E-state index is 13.5. The van der Waals surface area contributed by atoms with Gasteiger partial charge in [-0.05, 0) is 72.7 Å². The molecular weight excluding hydrogens is 446 g/mol. The van der Waals surface area contributed by atoms with E-state index in [9.17, 15) is 10.1 Å². The van der Waals surface area contributed by atoms with E-state index in [1.807, 2.05) is 31.2 Å². The lowest BCUT2D eigenvalue weighted by Gasteiger charge is -2.46. The molecule has 2 fully saturated rings. The van der Waals surface area contributed by atoms with Gasteiger partial charge in [0, 0.05) is 23.8 Å². The van der Waals surface area contributed by atoms with Gasteiger partial charge >= 0.3 is 0 Å². The number of rotatable bonds is 4. The topological polar surface area (TPSA) is 92.9 Å². The van der Waals surface area contributed by atoms with Crippen LogP contribution in [-0.2, 0) is 10.3 Å². The van der Waals surface area contributed by atoms with Crippen molar-refractivity contribution in [1.29, 1.82) is 10.7 Å². The first kappa shape index (κ1) is 22.1. The number of likely N-dealkylation sites (N-methyl/N-ethyl adjacent to an activating group) is 1. The molecule has 1 aromatic heterocycles. The van der Waals surface area contributed by atoms with Gasteiger partial charge in [0.05, 0.1) is 28.8 Å². The molecule has 0 radical (unpaired) electrons. The minimum absolute atomic E-state index is 0.0474. The zero-order chi connectivity index (χ0) is 24.0. The summed E-state index contributed by atoms with van der Waals surface area (Å²) in [5, 5.41) is 21.5. The summed E-state index contributed by atoms with van der Waals surface area (Å²) in [6.45, 7) is 1.95. The quantitative estimate of drug-likeness (QED) is 0.552. The van der Waals surface area contributed by atoms with Crippen molar-refractivity contribution in [2.45, 2.75) is 37.1 Å². The second-order valence-electron chi connectivity index (χ2n) is 9.22. The predicted molar refractivity (Wildman–Crippen MR) is 132 cm³/mol. The molecule has 1 aliphatic heterocycles. The first-order chi connectivity index (χ1) is 16.3. The normalized spacial score (nSPS) is 22.3. The number of guanidine groups is 1. The van der Waals surface area contributed by atoms with Crippen LogP contribution >= 0.6 is 11.6 Å². The largest absolute Gasteiger partial charge is 0.346 e. The van der Waals surface area contributed by atoms with E-state index in [1.165, 1.54) is 23.3 Å².